The molecule has 1 aliphatic heterocycles. The number of benzene rings is 2. The van der Waals surface area contributed by atoms with Crippen LogP contribution in [0.2, 0.25) is 0 Å². The number of nitrogens with one attached hydrogen (secondary N) is 2. The van der Waals surface area contributed by atoms with Gasteiger partial charge in [-0.05, 0) is 23.3 Å². The Morgan fingerprint density at radius 3 is 2.29 bits per heavy atom. The molecule has 8 nitrogen and oxygen atoms in total. The molecule has 1 saturated heterocycles. The predicted molar refractivity (Wildman–Crippen MR) is 119 cm³/mol. The van der Waals surface area contributed by atoms with Crippen molar-refractivity contribution in [3.8, 4) is 0 Å². The highest BCUT2D eigenvalue weighted by Crippen LogP contribution is 2.14. The van der Waals surface area contributed by atoms with Crippen molar-refractivity contribution in [1.82, 2.24) is 24.8 Å². The van der Waals surface area contributed by atoms with Crippen LogP contribution in [0.4, 0.5) is 5.95 Å². The number of carbonyl (C=O) groups is 1. The summed E-state index contributed by atoms with van der Waals surface area (Å²) in [6.07, 6.45) is 1.30. The number of carbonyl (C=O) groups excluding carboxylic acids is 1. The zero-order valence-corrected chi connectivity index (χ0v) is 17.0. The van der Waals surface area contributed by atoms with Crippen LogP contribution < -0.4 is 10.9 Å². The van der Waals surface area contributed by atoms with Crippen molar-refractivity contribution < 1.29 is 4.79 Å². The Labute approximate surface area is 178 Å². The SMILES string of the molecule is O=C1CCN(Cc2ccc(CNc3nc4nc5ccccc5nc4c(=O)[nH]3)cc2)CC1. The fraction of sp³-hybridized carbons (Fsp3) is 0.261. The molecule has 0 spiro atoms. The van der Waals surface area contributed by atoms with Crippen molar-refractivity contribution in [3.05, 3.63) is 70.0 Å². The summed E-state index contributed by atoms with van der Waals surface area (Å²) < 4.78 is 0. The van der Waals surface area contributed by atoms with Gasteiger partial charge < -0.3 is 5.32 Å². The zero-order valence-electron chi connectivity index (χ0n) is 17.0. The summed E-state index contributed by atoms with van der Waals surface area (Å²) in [5, 5.41) is 3.17. The number of Topliss-reactive ketones (excluding diaryl/α,β-unsaturated/α-hetero) is 1. The van der Waals surface area contributed by atoms with Crippen LogP contribution in [0.3, 0.4) is 0 Å². The largest absolute Gasteiger partial charge is 0.352 e. The summed E-state index contributed by atoms with van der Waals surface area (Å²) in [5.41, 5.74) is 3.89. The summed E-state index contributed by atoms with van der Waals surface area (Å²) in [5.74, 6) is 0.723. The number of anilines is 1. The minimum absolute atomic E-state index is 0.230. The van der Waals surface area contributed by atoms with Crippen LogP contribution in [-0.2, 0) is 17.9 Å². The molecule has 5 rings (SSSR count). The summed E-state index contributed by atoms with van der Waals surface area (Å²) in [6, 6.07) is 15.7. The lowest BCUT2D eigenvalue weighted by molar-refractivity contribution is -0.121. The molecule has 1 aliphatic rings. The number of hydrogen-bond donors (Lipinski definition) is 2. The van der Waals surface area contributed by atoms with E-state index in [4.69, 9.17) is 0 Å². The molecule has 31 heavy (non-hydrogen) atoms. The molecule has 3 heterocycles. The van der Waals surface area contributed by atoms with E-state index in [1.807, 2.05) is 24.3 Å². The molecule has 0 amide bonds. The van der Waals surface area contributed by atoms with Crippen LogP contribution in [0.5, 0.6) is 0 Å². The number of hydrogen-bond acceptors (Lipinski definition) is 7. The molecular weight excluding hydrogens is 392 g/mol. The number of piperidine rings is 1. The maximum Gasteiger partial charge on any atom is 0.280 e. The third kappa shape index (κ3) is 4.29. The molecule has 8 heteroatoms. The topological polar surface area (TPSA) is 104 Å². The van der Waals surface area contributed by atoms with Gasteiger partial charge >= 0.3 is 0 Å². The van der Waals surface area contributed by atoms with Gasteiger partial charge in [-0.3, -0.25) is 19.5 Å². The molecular formula is C23H22N6O2. The van der Waals surface area contributed by atoms with Crippen LogP contribution in [0, 0.1) is 0 Å². The van der Waals surface area contributed by atoms with Crippen LogP contribution in [-0.4, -0.2) is 43.7 Å². The van der Waals surface area contributed by atoms with Gasteiger partial charge in [0.25, 0.3) is 5.56 Å². The van der Waals surface area contributed by atoms with Gasteiger partial charge in [0, 0.05) is 39.0 Å². The van der Waals surface area contributed by atoms with Crippen LogP contribution in [0.1, 0.15) is 24.0 Å². The van der Waals surface area contributed by atoms with Gasteiger partial charge in [0.15, 0.2) is 11.2 Å². The van der Waals surface area contributed by atoms with E-state index in [2.05, 4.69) is 54.4 Å². The Morgan fingerprint density at radius 2 is 1.55 bits per heavy atom. The van der Waals surface area contributed by atoms with E-state index in [-0.39, 0.29) is 11.1 Å². The summed E-state index contributed by atoms with van der Waals surface area (Å²) in [7, 11) is 0. The monoisotopic (exact) mass is 414 g/mol. The van der Waals surface area contributed by atoms with Crippen LogP contribution >= 0.6 is 0 Å². The minimum atomic E-state index is -0.318. The average Bonchev–Trinajstić information content (AvgIpc) is 2.79. The van der Waals surface area contributed by atoms with Crippen LogP contribution in [0.15, 0.2) is 53.3 Å². The van der Waals surface area contributed by atoms with Crippen molar-refractivity contribution in [1.29, 1.82) is 0 Å². The number of para-hydroxylation sites is 2. The molecule has 4 aromatic rings. The normalized spacial score (nSPS) is 14.9. The minimum Gasteiger partial charge on any atom is -0.352 e. The molecule has 1 fully saturated rings. The molecule has 2 aromatic heterocycles. The first-order valence-corrected chi connectivity index (χ1v) is 10.4. The van der Waals surface area contributed by atoms with Crippen molar-refractivity contribution >= 4 is 33.9 Å². The lowest BCUT2D eigenvalue weighted by Gasteiger charge is -2.25. The number of fused-ring (bicyclic) bond motifs is 2. The number of aromatic nitrogens is 4. The fourth-order valence-corrected chi connectivity index (χ4v) is 3.77. The van der Waals surface area contributed by atoms with E-state index in [1.54, 1.807) is 0 Å². The average molecular weight is 414 g/mol. The van der Waals surface area contributed by atoms with E-state index in [1.165, 1.54) is 5.56 Å². The van der Waals surface area contributed by atoms with Crippen molar-refractivity contribution in [2.45, 2.75) is 25.9 Å². The van der Waals surface area contributed by atoms with Gasteiger partial charge in [0.05, 0.1) is 11.0 Å². The van der Waals surface area contributed by atoms with E-state index in [9.17, 15) is 9.59 Å². The lowest BCUT2D eigenvalue weighted by atomic mass is 10.1. The van der Waals surface area contributed by atoms with E-state index in [0.29, 0.717) is 47.8 Å². The Morgan fingerprint density at radius 1 is 0.871 bits per heavy atom. The van der Waals surface area contributed by atoms with Gasteiger partial charge in [-0.25, -0.2) is 9.97 Å². The molecule has 156 valence electrons. The summed E-state index contributed by atoms with van der Waals surface area (Å²) >= 11 is 0. The van der Waals surface area contributed by atoms with Gasteiger partial charge in [-0.2, -0.15) is 4.98 Å². The predicted octanol–water partition coefficient (Wildman–Crippen LogP) is 2.64. The molecule has 0 radical (unpaired) electrons. The van der Waals surface area contributed by atoms with E-state index < -0.39 is 0 Å². The van der Waals surface area contributed by atoms with Crippen LogP contribution in [0.25, 0.3) is 22.2 Å². The second-order valence-electron chi connectivity index (χ2n) is 7.78. The number of likely N-dealkylation sites (tertiary alicyclic amines) is 1. The van der Waals surface area contributed by atoms with E-state index in [0.717, 1.165) is 25.2 Å². The smallest absolute Gasteiger partial charge is 0.280 e. The Hall–Kier alpha value is -3.65. The van der Waals surface area contributed by atoms with Gasteiger partial charge in [0.1, 0.15) is 5.78 Å². The molecule has 2 aromatic carbocycles. The number of ketones is 1. The maximum absolute atomic E-state index is 12.4. The van der Waals surface area contributed by atoms with Crippen molar-refractivity contribution in [2.75, 3.05) is 18.4 Å². The van der Waals surface area contributed by atoms with Gasteiger partial charge in [0.2, 0.25) is 5.95 Å². The fourth-order valence-electron chi connectivity index (χ4n) is 3.77. The molecule has 0 unspecified atom stereocenters. The molecule has 0 saturated carbocycles. The standard InChI is InChI=1S/C23H22N6O2/c30-17-9-11-29(12-10-17)14-16-7-5-15(6-8-16)13-24-23-27-21-20(22(31)28-23)25-18-3-1-2-4-19(18)26-21/h1-8H,9-14H2,(H2,24,26,27,28,31). The van der Waals surface area contributed by atoms with Crippen molar-refractivity contribution in [2.24, 2.45) is 0 Å². The number of aromatic amines is 1. The number of rotatable bonds is 5. The van der Waals surface area contributed by atoms with Gasteiger partial charge in [-0.1, -0.05) is 36.4 Å². The third-order valence-electron chi connectivity index (χ3n) is 5.52. The lowest BCUT2D eigenvalue weighted by Crippen LogP contribution is -2.33. The van der Waals surface area contributed by atoms with Gasteiger partial charge in [-0.15, -0.1) is 0 Å². The first kappa shape index (κ1) is 19.3. The first-order chi connectivity index (χ1) is 15.1. The number of H-pyrrole nitrogens is 1. The second kappa shape index (κ2) is 8.23. The molecule has 0 bridgehead atoms. The Bertz CT molecular complexity index is 1310. The number of nitrogens with zero attached hydrogens (tertiary/aromatic N) is 4. The quantitative estimate of drug-likeness (QED) is 0.484. The maximum atomic E-state index is 12.4. The highest BCUT2D eigenvalue weighted by Gasteiger charge is 2.16. The third-order valence-corrected chi connectivity index (χ3v) is 5.52. The second-order valence-corrected chi connectivity index (χ2v) is 7.78. The van der Waals surface area contributed by atoms with E-state index >= 15 is 0 Å². The highest BCUT2D eigenvalue weighted by molar-refractivity contribution is 5.84. The molecule has 0 aliphatic carbocycles. The molecule has 0 atom stereocenters. The summed E-state index contributed by atoms with van der Waals surface area (Å²) in [6.45, 7) is 3.05. The Kier molecular flexibility index (Phi) is 5.13. The first-order valence-electron chi connectivity index (χ1n) is 10.4. The highest BCUT2D eigenvalue weighted by atomic mass is 16.1. The molecule has 2 N–H and O–H groups in total. The zero-order chi connectivity index (χ0) is 21.2. The Balaban J connectivity index is 1.27. The summed E-state index contributed by atoms with van der Waals surface area (Å²) in [4.78, 5) is 42.1. The van der Waals surface area contributed by atoms with Crippen molar-refractivity contribution in [3.63, 3.8) is 0 Å².